The Bertz CT molecular complexity index is 404. The largest absolute Gasteiger partial charge is 0.299 e. The second-order valence-electron chi connectivity index (χ2n) is 4.14. The van der Waals surface area contributed by atoms with Gasteiger partial charge in [0.2, 0.25) is 0 Å². The van der Waals surface area contributed by atoms with Gasteiger partial charge >= 0.3 is 0 Å². The van der Waals surface area contributed by atoms with Gasteiger partial charge in [0.25, 0.3) is 0 Å². The minimum Gasteiger partial charge on any atom is -0.299 e. The van der Waals surface area contributed by atoms with E-state index >= 15 is 0 Å². The molecule has 0 spiro atoms. The highest BCUT2D eigenvalue weighted by Crippen LogP contribution is 2.33. The summed E-state index contributed by atoms with van der Waals surface area (Å²) < 4.78 is 1.57. The second kappa shape index (κ2) is 3.61. The smallest absolute Gasteiger partial charge is 0.193 e. The zero-order chi connectivity index (χ0) is 11.0. The van der Waals surface area contributed by atoms with Gasteiger partial charge in [-0.15, -0.1) is 0 Å². The summed E-state index contributed by atoms with van der Waals surface area (Å²) >= 11 is 0. The highest BCUT2D eigenvalue weighted by atomic mass is 16.2. The molecule has 80 valence electrons. The van der Waals surface area contributed by atoms with Crippen LogP contribution in [0.5, 0.6) is 0 Å². The lowest BCUT2D eigenvalue weighted by Gasteiger charge is -2.05. The Morgan fingerprint density at radius 1 is 1.53 bits per heavy atom. The van der Waals surface area contributed by atoms with Crippen molar-refractivity contribution in [1.82, 2.24) is 9.78 Å². The predicted molar refractivity (Wildman–Crippen MR) is 54.4 cm³/mol. The maximum absolute atomic E-state index is 11.8. The fraction of sp³-hybridized carbons (Fsp3) is 0.545. The molecule has 1 atom stereocenters. The summed E-state index contributed by atoms with van der Waals surface area (Å²) in [4.78, 5) is 23.5. The number of carbonyl (C=O) groups excluding carboxylic acids is 2. The summed E-state index contributed by atoms with van der Waals surface area (Å²) in [6, 6.07) is 1.65. The summed E-state index contributed by atoms with van der Waals surface area (Å²) in [7, 11) is 1.75. The predicted octanol–water partition coefficient (Wildman–Crippen LogP) is 1.22. The van der Waals surface area contributed by atoms with Crippen molar-refractivity contribution in [2.24, 2.45) is 18.9 Å². The maximum atomic E-state index is 11.8. The zero-order valence-electron chi connectivity index (χ0n) is 8.93. The number of ketones is 2. The standard InChI is InChI=1S/C11H14N2O2/c1-7(10(14)8-3-4-8)11(15)9-5-6-13(2)12-9/h5-8H,3-4H2,1-2H3. The van der Waals surface area contributed by atoms with Crippen LogP contribution in [0.3, 0.4) is 0 Å². The topological polar surface area (TPSA) is 52.0 Å². The Labute approximate surface area is 88.3 Å². The van der Waals surface area contributed by atoms with Gasteiger partial charge in [0.1, 0.15) is 11.5 Å². The van der Waals surface area contributed by atoms with Crippen molar-refractivity contribution in [3.05, 3.63) is 18.0 Å². The van der Waals surface area contributed by atoms with E-state index in [1.165, 1.54) is 0 Å². The molecule has 0 amide bonds. The van der Waals surface area contributed by atoms with Crippen molar-refractivity contribution in [1.29, 1.82) is 0 Å². The average Bonchev–Trinajstić information content (AvgIpc) is 2.98. The van der Waals surface area contributed by atoms with Crippen molar-refractivity contribution < 1.29 is 9.59 Å². The van der Waals surface area contributed by atoms with Crippen LogP contribution in [0, 0.1) is 11.8 Å². The fourth-order valence-corrected chi connectivity index (χ4v) is 1.62. The van der Waals surface area contributed by atoms with E-state index in [-0.39, 0.29) is 17.5 Å². The first-order valence-corrected chi connectivity index (χ1v) is 5.17. The summed E-state index contributed by atoms with van der Waals surface area (Å²) in [5.74, 6) is -0.488. The molecule has 0 saturated heterocycles. The van der Waals surface area contributed by atoms with Gasteiger partial charge in [-0.25, -0.2) is 0 Å². The second-order valence-corrected chi connectivity index (χ2v) is 4.14. The maximum Gasteiger partial charge on any atom is 0.193 e. The molecule has 1 aromatic heterocycles. The van der Waals surface area contributed by atoms with Crippen LogP contribution in [-0.2, 0) is 11.8 Å². The Hall–Kier alpha value is -1.45. The Morgan fingerprint density at radius 2 is 2.20 bits per heavy atom. The van der Waals surface area contributed by atoms with Crippen molar-refractivity contribution in [3.63, 3.8) is 0 Å². The van der Waals surface area contributed by atoms with Crippen molar-refractivity contribution in [3.8, 4) is 0 Å². The van der Waals surface area contributed by atoms with Crippen molar-refractivity contribution in [2.45, 2.75) is 19.8 Å². The van der Waals surface area contributed by atoms with E-state index in [2.05, 4.69) is 5.10 Å². The van der Waals surface area contributed by atoms with E-state index in [0.29, 0.717) is 5.69 Å². The molecule has 1 heterocycles. The molecular formula is C11H14N2O2. The van der Waals surface area contributed by atoms with Gasteiger partial charge in [-0.3, -0.25) is 14.3 Å². The van der Waals surface area contributed by atoms with E-state index in [9.17, 15) is 9.59 Å². The van der Waals surface area contributed by atoms with E-state index in [1.807, 2.05) is 0 Å². The number of carbonyl (C=O) groups is 2. The summed E-state index contributed by atoms with van der Waals surface area (Å²) in [6.07, 6.45) is 3.60. The van der Waals surface area contributed by atoms with Gasteiger partial charge in [0.05, 0.1) is 5.92 Å². The first kappa shape index (κ1) is 10.1. The number of hydrogen-bond donors (Lipinski definition) is 0. The van der Waals surface area contributed by atoms with Crippen LogP contribution in [0.15, 0.2) is 12.3 Å². The monoisotopic (exact) mass is 206 g/mol. The molecule has 1 saturated carbocycles. The third kappa shape index (κ3) is 1.98. The SMILES string of the molecule is CC(C(=O)c1ccn(C)n1)C(=O)C1CC1. The van der Waals surface area contributed by atoms with Crippen LogP contribution >= 0.6 is 0 Å². The van der Waals surface area contributed by atoms with Gasteiger partial charge in [0.15, 0.2) is 5.78 Å². The third-order valence-corrected chi connectivity index (χ3v) is 2.77. The molecule has 0 bridgehead atoms. The lowest BCUT2D eigenvalue weighted by Crippen LogP contribution is -2.23. The normalized spacial score (nSPS) is 17.5. The highest BCUT2D eigenvalue weighted by molar-refractivity contribution is 6.10. The number of rotatable bonds is 4. The van der Waals surface area contributed by atoms with Gasteiger partial charge in [-0.2, -0.15) is 5.10 Å². The van der Waals surface area contributed by atoms with Crippen molar-refractivity contribution >= 4 is 11.6 Å². The molecule has 0 aromatic carbocycles. The van der Waals surface area contributed by atoms with Crippen LogP contribution in [-0.4, -0.2) is 21.3 Å². The van der Waals surface area contributed by atoms with Crippen LogP contribution < -0.4 is 0 Å². The lowest BCUT2D eigenvalue weighted by molar-refractivity contribution is -0.122. The molecule has 1 aromatic rings. The van der Waals surface area contributed by atoms with Gasteiger partial charge in [0, 0.05) is 19.2 Å². The minimum absolute atomic E-state index is 0.0747. The van der Waals surface area contributed by atoms with Crippen molar-refractivity contribution in [2.75, 3.05) is 0 Å². The first-order chi connectivity index (χ1) is 7.09. The Morgan fingerprint density at radius 3 is 2.67 bits per heavy atom. The van der Waals surface area contributed by atoms with Gasteiger partial charge in [-0.1, -0.05) is 0 Å². The molecule has 1 fully saturated rings. The summed E-state index contributed by atoms with van der Waals surface area (Å²) in [5.41, 5.74) is 0.388. The molecule has 2 rings (SSSR count). The minimum atomic E-state index is -0.535. The van der Waals surface area contributed by atoms with Crippen LogP contribution in [0.25, 0.3) is 0 Å². The van der Waals surface area contributed by atoms with E-state index < -0.39 is 5.92 Å². The van der Waals surface area contributed by atoms with E-state index in [1.54, 1.807) is 30.9 Å². The van der Waals surface area contributed by atoms with Crippen LogP contribution in [0.1, 0.15) is 30.3 Å². The van der Waals surface area contributed by atoms with E-state index in [0.717, 1.165) is 12.8 Å². The fourth-order valence-electron chi connectivity index (χ4n) is 1.62. The lowest BCUT2D eigenvalue weighted by atomic mass is 9.96. The molecule has 15 heavy (non-hydrogen) atoms. The molecule has 4 heteroatoms. The molecule has 4 nitrogen and oxygen atoms in total. The Balaban J connectivity index is 2.09. The molecule has 1 unspecified atom stereocenters. The molecule has 1 aliphatic carbocycles. The van der Waals surface area contributed by atoms with Gasteiger partial charge in [-0.05, 0) is 25.8 Å². The van der Waals surface area contributed by atoms with Crippen LogP contribution in [0.2, 0.25) is 0 Å². The zero-order valence-corrected chi connectivity index (χ0v) is 8.93. The quantitative estimate of drug-likeness (QED) is 0.549. The number of nitrogens with zero attached hydrogens (tertiary/aromatic N) is 2. The van der Waals surface area contributed by atoms with Crippen LogP contribution in [0.4, 0.5) is 0 Å². The Kier molecular flexibility index (Phi) is 2.42. The average molecular weight is 206 g/mol. The third-order valence-electron chi connectivity index (χ3n) is 2.77. The molecule has 0 aliphatic heterocycles. The number of aryl methyl sites for hydroxylation is 1. The number of Topliss-reactive ketones (excluding diaryl/α,β-unsaturated/α-hetero) is 2. The number of aromatic nitrogens is 2. The van der Waals surface area contributed by atoms with E-state index in [4.69, 9.17) is 0 Å². The summed E-state index contributed by atoms with van der Waals surface area (Å²) in [5, 5.41) is 4.01. The van der Waals surface area contributed by atoms with Gasteiger partial charge < -0.3 is 0 Å². The molecule has 1 aliphatic rings. The molecule has 0 N–H and O–H groups in total. The molecular weight excluding hydrogens is 192 g/mol. The number of hydrogen-bond acceptors (Lipinski definition) is 3. The highest BCUT2D eigenvalue weighted by Gasteiger charge is 2.36. The summed E-state index contributed by atoms with van der Waals surface area (Å²) in [6.45, 7) is 1.68. The first-order valence-electron chi connectivity index (χ1n) is 5.17. The molecule has 0 radical (unpaired) electrons.